The fourth-order valence-electron chi connectivity index (χ4n) is 2.93. The lowest BCUT2D eigenvalue weighted by atomic mass is 9.97. The molecular weight excluding hydrogens is 462 g/mol. The van der Waals surface area contributed by atoms with Crippen molar-refractivity contribution in [2.75, 3.05) is 19.6 Å². The second kappa shape index (κ2) is 16.2. The molecule has 0 aliphatic rings. The van der Waals surface area contributed by atoms with Gasteiger partial charge in [0.05, 0.1) is 0 Å². The molecule has 10 nitrogen and oxygen atoms in total. The normalized spacial score (nSPS) is 13.2. The monoisotopic (exact) mass is 511 g/mol. The molecule has 208 valence electrons. The van der Waals surface area contributed by atoms with Crippen LogP contribution in [0.4, 0.5) is 0 Å². The van der Waals surface area contributed by atoms with Crippen LogP contribution >= 0.6 is 0 Å². The molecule has 5 N–H and O–H groups in total. The van der Waals surface area contributed by atoms with Crippen molar-refractivity contribution in [2.24, 2.45) is 10.8 Å². The lowest BCUT2D eigenvalue weighted by Crippen LogP contribution is -2.54. The van der Waals surface area contributed by atoms with Crippen molar-refractivity contribution >= 4 is 29.5 Å². The number of amides is 5. The zero-order chi connectivity index (χ0) is 27.9. The molecule has 2 atom stereocenters. The van der Waals surface area contributed by atoms with Crippen molar-refractivity contribution in [2.45, 2.75) is 106 Å². The first kappa shape index (κ1) is 33.4. The van der Waals surface area contributed by atoms with Crippen molar-refractivity contribution in [3.63, 3.8) is 0 Å². The summed E-state index contributed by atoms with van der Waals surface area (Å²) in [6.45, 7) is 17.0. The van der Waals surface area contributed by atoms with Crippen molar-refractivity contribution in [3.05, 3.63) is 0 Å². The van der Waals surface area contributed by atoms with E-state index in [1.54, 1.807) is 6.92 Å². The second-order valence-corrected chi connectivity index (χ2v) is 11.6. The molecule has 0 rings (SSSR count). The van der Waals surface area contributed by atoms with Gasteiger partial charge in [0.2, 0.25) is 29.5 Å². The first-order valence-corrected chi connectivity index (χ1v) is 13.0. The molecule has 0 heterocycles. The van der Waals surface area contributed by atoms with Crippen LogP contribution in [0, 0.1) is 10.8 Å². The Balaban J connectivity index is 5.28. The summed E-state index contributed by atoms with van der Waals surface area (Å²) in [6.07, 6.45) is 1.19. The van der Waals surface area contributed by atoms with E-state index in [1.807, 2.05) is 48.5 Å². The fraction of sp³-hybridized carbons (Fsp3) is 0.808. The zero-order valence-electron chi connectivity index (χ0n) is 23.6. The van der Waals surface area contributed by atoms with Crippen LogP contribution in [0.25, 0.3) is 0 Å². The van der Waals surface area contributed by atoms with Crippen LogP contribution in [0.15, 0.2) is 0 Å². The summed E-state index contributed by atoms with van der Waals surface area (Å²) in [5.74, 6) is -1.72. The van der Waals surface area contributed by atoms with Crippen LogP contribution in [-0.4, -0.2) is 61.3 Å². The van der Waals surface area contributed by atoms with Gasteiger partial charge in [-0.2, -0.15) is 0 Å². The molecule has 10 heteroatoms. The Morgan fingerprint density at radius 2 is 1.06 bits per heavy atom. The largest absolute Gasteiger partial charge is 0.356 e. The van der Waals surface area contributed by atoms with Gasteiger partial charge in [0, 0.05) is 38.9 Å². The number of nitrogens with one attached hydrogen (secondary N) is 5. The van der Waals surface area contributed by atoms with Gasteiger partial charge in [-0.15, -0.1) is 0 Å². The zero-order valence-corrected chi connectivity index (χ0v) is 23.6. The maximum absolute atomic E-state index is 13.1. The molecule has 0 saturated carbocycles. The van der Waals surface area contributed by atoms with Crippen molar-refractivity contribution in [1.82, 2.24) is 26.6 Å². The minimum absolute atomic E-state index is 0.0417. The molecule has 0 spiro atoms. The lowest BCUT2D eigenvalue weighted by Gasteiger charge is -2.24. The predicted octanol–water partition coefficient (Wildman–Crippen LogP) is 1.78. The second-order valence-electron chi connectivity index (χ2n) is 11.6. The molecule has 0 aromatic carbocycles. The van der Waals surface area contributed by atoms with E-state index < -0.39 is 23.9 Å². The molecule has 0 aromatic rings. The third kappa shape index (κ3) is 16.9. The number of carbonyl (C=O) groups excluding carboxylic acids is 5. The molecule has 0 aliphatic heterocycles. The fourth-order valence-corrected chi connectivity index (χ4v) is 2.93. The van der Waals surface area contributed by atoms with E-state index in [0.29, 0.717) is 19.6 Å². The predicted molar refractivity (Wildman–Crippen MR) is 141 cm³/mol. The molecule has 0 aromatic heterocycles. The summed E-state index contributed by atoms with van der Waals surface area (Å²) in [4.78, 5) is 62.4. The maximum atomic E-state index is 13.1. The smallest absolute Gasteiger partial charge is 0.243 e. The van der Waals surface area contributed by atoms with Crippen molar-refractivity contribution < 1.29 is 24.0 Å². The van der Waals surface area contributed by atoms with E-state index >= 15 is 0 Å². The van der Waals surface area contributed by atoms with Crippen LogP contribution in [-0.2, 0) is 24.0 Å². The Labute approximate surface area is 216 Å². The van der Waals surface area contributed by atoms with Crippen LogP contribution < -0.4 is 26.6 Å². The summed E-state index contributed by atoms with van der Waals surface area (Å²) in [6, 6.07) is -1.92. The number of rotatable bonds is 15. The van der Waals surface area contributed by atoms with Crippen LogP contribution in [0.3, 0.4) is 0 Å². The van der Waals surface area contributed by atoms with Gasteiger partial charge in [-0.1, -0.05) is 55.4 Å². The summed E-state index contributed by atoms with van der Waals surface area (Å²) >= 11 is 0. The van der Waals surface area contributed by atoms with Gasteiger partial charge in [0.25, 0.3) is 0 Å². The molecule has 0 aliphatic carbocycles. The lowest BCUT2D eigenvalue weighted by molar-refractivity contribution is -0.133. The number of carbonyl (C=O) groups is 5. The van der Waals surface area contributed by atoms with E-state index in [2.05, 4.69) is 26.6 Å². The minimum atomic E-state index is -0.978. The van der Waals surface area contributed by atoms with E-state index in [0.717, 1.165) is 6.42 Å². The molecule has 0 fully saturated rings. The van der Waals surface area contributed by atoms with Gasteiger partial charge in [0.1, 0.15) is 12.1 Å². The highest BCUT2D eigenvalue weighted by Gasteiger charge is 2.27. The summed E-state index contributed by atoms with van der Waals surface area (Å²) in [5, 5.41) is 13.7. The summed E-state index contributed by atoms with van der Waals surface area (Å²) in [7, 11) is 0. The SMILES string of the molecule is CCCNC(=O)C(CCC(=O)NCC(C)(C)C)NC(=O)C(CCC(=O)NCC(C)(C)C)NC(=O)CC. The van der Waals surface area contributed by atoms with E-state index in [4.69, 9.17) is 0 Å². The Bertz CT molecular complexity index is 740. The first-order valence-electron chi connectivity index (χ1n) is 13.0. The minimum Gasteiger partial charge on any atom is -0.356 e. The Morgan fingerprint density at radius 3 is 1.44 bits per heavy atom. The number of hydrogen-bond acceptors (Lipinski definition) is 5. The molecule has 0 bridgehead atoms. The molecule has 0 saturated heterocycles. The summed E-state index contributed by atoms with van der Waals surface area (Å²) < 4.78 is 0. The van der Waals surface area contributed by atoms with Gasteiger partial charge in [-0.3, -0.25) is 24.0 Å². The van der Waals surface area contributed by atoms with E-state index in [9.17, 15) is 24.0 Å². The Hall–Kier alpha value is -2.65. The standard InChI is InChI=1S/C26H49N5O5/c1-9-15-27-23(35)18(11-13-21(33)28-16-25(3,4)5)31-24(36)19(30-20(32)10-2)12-14-22(34)29-17-26(6,7)8/h18-19H,9-17H2,1-8H3,(H,27,35)(H,28,33)(H,29,34)(H,30,32)(H,31,36). The topological polar surface area (TPSA) is 146 Å². The van der Waals surface area contributed by atoms with Crippen LogP contribution in [0.2, 0.25) is 0 Å². The van der Waals surface area contributed by atoms with E-state index in [1.165, 1.54) is 0 Å². The average molecular weight is 512 g/mol. The van der Waals surface area contributed by atoms with Crippen molar-refractivity contribution in [3.8, 4) is 0 Å². The Morgan fingerprint density at radius 1 is 0.611 bits per heavy atom. The first-order chi connectivity index (χ1) is 16.6. The number of hydrogen-bond donors (Lipinski definition) is 5. The van der Waals surface area contributed by atoms with Gasteiger partial charge in [0.15, 0.2) is 0 Å². The quantitative estimate of drug-likeness (QED) is 0.227. The maximum Gasteiger partial charge on any atom is 0.243 e. The molecule has 5 amide bonds. The van der Waals surface area contributed by atoms with Gasteiger partial charge >= 0.3 is 0 Å². The highest BCUT2D eigenvalue weighted by molar-refractivity contribution is 5.92. The Kier molecular flexibility index (Phi) is 15.0. The third-order valence-electron chi connectivity index (χ3n) is 5.11. The molecule has 2 unspecified atom stereocenters. The molecule has 0 radical (unpaired) electrons. The van der Waals surface area contributed by atoms with Crippen molar-refractivity contribution in [1.29, 1.82) is 0 Å². The van der Waals surface area contributed by atoms with Gasteiger partial charge in [-0.25, -0.2) is 0 Å². The van der Waals surface area contributed by atoms with Crippen LogP contribution in [0.1, 0.15) is 93.9 Å². The van der Waals surface area contributed by atoms with E-state index in [-0.39, 0.29) is 60.7 Å². The molecular formula is C26H49N5O5. The highest BCUT2D eigenvalue weighted by Crippen LogP contribution is 2.12. The molecule has 36 heavy (non-hydrogen) atoms. The van der Waals surface area contributed by atoms with Crippen LogP contribution in [0.5, 0.6) is 0 Å². The summed E-state index contributed by atoms with van der Waals surface area (Å²) in [5.41, 5.74) is -0.160. The average Bonchev–Trinajstić information content (AvgIpc) is 2.78. The third-order valence-corrected chi connectivity index (χ3v) is 5.11. The highest BCUT2D eigenvalue weighted by atomic mass is 16.2. The van der Waals surface area contributed by atoms with Gasteiger partial charge in [-0.05, 0) is 30.1 Å². The van der Waals surface area contributed by atoms with Gasteiger partial charge < -0.3 is 26.6 Å².